The number of rotatable bonds is 8. The maximum Gasteiger partial charge on any atom is 0.306 e. The van der Waals surface area contributed by atoms with Gasteiger partial charge >= 0.3 is 5.97 Å². The number of benzene rings is 2. The van der Waals surface area contributed by atoms with Crippen molar-refractivity contribution in [3.63, 3.8) is 0 Å². The molecule has 170 valence electrons. The third-order valence-corrected chi connectivity index (χ3v) is 6.30. The Hall–Kier alpha value is -2.75. The lowest BCUT2D eigenvalue weighted by Gasteiger charge is -2.22. The molecule has 0 atom stereocenters. The smallest absolute Gasteiger partial charge is 0.306 e. The fraction of sp³-hybridized carbons (Fsp3) is 0.464. The maximum atomic E-state index is 12.4. The summed E-state index contributed by atoms with van der Waals surface area (Å²) in [6.07, 6.45) is 6.31. The number of hydrogen-bond acceptors (Lipinski definition) is 4. The average Bonchev–Trinajstić information content (AvgIpc) is 2.81. The zero-order valence-electron chi connectivity index (χ0n) is 19.5. The molecule has 4 nitrogen and oxygen atoms in total. The van der Waals surface area contributed by atoms with Gasteiger partial charge in [0.15, 0.2) is 18.2 Å². The fourth-order valence-electron chi connectivity index (χ4n) is 4.19. The first-order valence-corrected chi connectivity index (χ1v) is 11.7. The molecule has 1 saturated carbocycles. The lowest BCUT2D eigenvalue weighted by Crippen LogP contribution is -2.15. The van der Waals surface area contributed by atoms with Crippen LogP contribution in [0.3, 0.4) is 0 Å². The highest BCUT2D eigenvalue weighted by Crippen LogP contribution is 2.32. The Kier molecular flexibility index (Phi) is 8.00. The first-order chi connectivity index (χ1) is 15.2. The summed E-state index contributed by atoms with van der Waals surface area (Å²) in [5.74, 6) is -0.269. The molecule has 1 fully saturated rings. The lowest BCUT2D eigenvalue weighted by atomic mass is 9.84. The first-order valence-electron chi connectivity index (χ1n) is 11.7. The van der Waals surface area contributed by atoms with E-state index in [-0.39, 0.29) is 36.4 Å². The third kappa shape index (κ3) is 6.62. The highest BCUT2D eigenvalue weighted by molar-refractivity contribution is 5.99. The van der Waals surface area contributed by atoms with Crippen molar-refractivity contribution in [2.45, 2.75) is 77.0 Å². The van der Waals surface area contributed by atoms with E-state index >= 15 is 0 Å². The molecule has 0 radical (unpaired) electrons. The number of Topliss-reactive ketones (excluding diaryl/α,β-unsaturated/α-hetero) is 2. The fourth-order valence-corrected chi connectivity index (χ4v) is 4.19. The van der Waals surface area contributed by atoms with Crippen molar-refractivity contribution in [3.8, 4) is 0 Å². The van der Waals surface area contributed by atoms with Gasteiger partial charge < -0.3 is 4.74 Å². The van der Waals surface area contributed by atoms with E-state index in [0.717, 1.165) is 5.56 Å². The van der Waals surface area contributed by atoms with Crippen LogP contribution in [0, 0.1) is 0 Å². The minimum absolute atomic E-state index is 0.0219. The largest absolute Gasteiger partial charge is 0.457 e. The second kappa shape index (κ2) is 10.7. The number of esters is 1. The third-order valence-electron chi connectivity index (χ3n) is 6.30. The van der Waals surface area contributed by atoms with Crippen molar-refractivity contribution >= 4 is 17.5 Å². The molecule has 0 saturated heterocycles. The number of carbonyl (C=O) groups excluding carboxylic acids is 3. The summed E-state index contributed by atoms with van der Waals surface area (Å²) in [7, 11) is 0. The van der Waals surface area contributed by atoms with Gasteiger partial charge in [0.1, 0.15) is 0 Å². The van der Waals surface area contributed by atoms with Crippen LogP contribution in [0.1, 0.15) is 103 Å². The molecule has 2 aromatic carbocycles. The van der Waals surface area contributed by atoms with E-state index in [2.05, 4.69) is 20.8 Å². The molecule has 0 heterocycles. The molecule has 0 N–H and O–H groups in total. The Morgan fingerprint density at radius 1 is 0.781 bits per heavy atom. The Morgan fingerprint density at radius 2 is 1.34 bits per heavy atom. The molecule has 1 aliphatic carbocycles. The predicted octanol–water partition coefficient (Wildman–Crippen LogP) is 6.42. The average molecular weight is 435 g/mol. The zero-order chi connectivity index (χ0) is 23.1. The van der Waals surface area contributed by atoms with E-state index in [0.29, 0.717) is 17.0 Å². The number of ketones is 2. The van der Waals surface area contributed by atoms with Gasteiger partial charge in [-0.05, 0) is 35.3 Å². The minimum Gasteiger partial charge on any atom is -0.457 e. The Bertz CT molecular complexity index is 927. The van der Waals surface area contributed by atoms with Crippen LogP contribution in [-0.4, -0.2) is 24.1 Å². The maximum absolute atomic E-state index is 12.4. The van der Waals surface area contributed by atoms with Gasteiger partial charge in [-0.3, -0.25) is 14.4 Å². The van der Waals surface area contributed by atoms with E-state index < -0.39 is 5.97 Å². The molecule has 1 aliphatic rings. The summed E-state index contributed by atoms with van der Waals surface area (Å²) in [5.41, 5.74) is 3.59. The highest BCUT2D eigenvalue weighted by atomic mass is 16.5. The van der Waals surface area contributed by atoms with Crippen LogP contribution in [-0.2, 0) is 14.9 Å². The van der Waals surface area contributed by atoms with Crippen molar-refractivity contribution < 1.29 is 19.1 Å². The molecule has 0 aromatic heterocycles. The van der Waals surface area contributed by atoms with Crippen molar-refractivity contribution in [1.29, 1.82) is 0 Å². The first kappa shape index (κ1) is 23.9. The molecule has 0 spiro atoms. The second-order valence-corrected chi connectivity index (χ2v) is 9.79. The summed E-state index contributed by atoms with van der Waals surface area (Å²) in [6, 6.07) is 15.2. The topological polar surface area (TPSA) is 60.4 Å². The van der Waals surface area contributed by atoms with Crippen LogP contribution in [0.2, 0.25) is 0 Å². The molecular weight excluding hydrogens is 400 g/mol. The summed E-state index contributed by atoms with van der Waals surface area (Å²) >= 11 is 0. The molecule has 0 aliphatic heterocycles. The summed E-state index contributed by atoms with van der Waals surface area (Å²) < 4.78 is 5.11. The number of hydrogen-bond donors (Lipinski definition) is 0. The van der Waals surface area contributed by atoms with Gasteiger partial charge in [-0.25, -0.2) is 0 Å². The number of ether oxygens (including phenoxy) is 1. The summed E-state index contributed by atoms with van der Waals surface area (Å²) in [4.78, 5) is 36.8. The molecule has 3 rings (SSSR count). The van der Waals surface area contributed by atoms with Crippen molar-refractivity contribution in [1.82, 2.24) is 0 Å². The van der Waals surface area contributed by atoms with Crippen LogP contribution in [0.4, 0.5) is 0 Å². The molecule has 0 unspecified atom stereocenters. The van der Waals surface area contributed by atoms with Crippen molar-refractivity contribution in [2.75, 3.05) is 6.61 Å². The normalized spacial score (nSPS) is 14.7. The van der Waals surface area contributed by atoms with Gasteiger partial charge in [0.25, 0.3) is 0 Å². The molecule has 4 heteroatoms. The molecule has 32 heavy (non-hydrogen) atoms. The van der Waals surface area contributed by atoms with Gasteiger partial charge in [-0.2, -0.15) is 0 Å². The molecule has 0 bridgehead atoms. The van der Waals surface area contributed by atoms with Gasteiger partial charge in [-0.15, -0.1) is 0 Å². The van der Waals surface area contributed by atoms with E-state index in [1.54, 1.807) is 12.1 Å². The molecular formula is C28H34O4. The van der Waals surface area contributed by atoms with Crippen molar-refractivity contribution in [2.24, 2.45) is 0 Å². The summed E-state index contributed by atoms with van der Waals surface area (Å²) in [5, 5.41) is 0. The van der Waals surface area contributed by atoms with Gasteiger partial charge in [0.05, 0.1) is 6.42 Å². The molecule has 0 amide bonds. The van der Waals surface area contributed by atoms with Crippen molar-refractivity contribution in [3.05, 3.63) is 70.8 Å². The Morgan fingerprint density at radius 3 is 1.94 bits per heavy atom. The van der Waals surface area contributed by atoms with Gasteiger partial charge in [0, 0.05) is 17.5 Å². The minimum atomic E-state index is -0.531. The SMILES string of the molecule is CC(C)(C)c1ccc(C(=O)CCC(=O)OCC(=O)c2ccc(C3CCCCC3)cc2)cc1. The Labute approximate surface area is 191 Å². The van der Waals surface area contributed by atoms with Crippen LogP contribution in [0.5, 0.6) is 0 Å². The van der Waals surface area contributed by atoms with E-state index in [1.807, 2.05) is 36.4 Å². The summed E-state index contributed by atoms with van der Waals surface area (Å²) in [6.45, 7) is 6.06. The lowest BCUT2D eigenvalue weighted by molar-refractivity contribution is -0.142. The molecule has 2 aromatic rings. The highest BCUT2D eigenvalue weighted by Gasteiger charge is 2.18. The Balaban J connectivity index is 1.43. The van der Waals surface area contributed by atoms with E-state index in [1.165, 1.54) is 37.7 Å². The quantitative estimate of drug-likeness (QED) is 0.355. The van der Waals surface area contributed by atoms with Gasteiger partial charge in [0.2, 0.25) is 0 Å². The monoisotopic (exact) mass is 434 g/mol. The van der Waals surface area contributed by atoms with E-state index in [9.17, 15) is 14.4 Å². The van der Waals surface area contributed by atoms with Crippen LogP contribution in [0.15, 0.2) is 48.5 Å². The van der Waals surface area contributed by atoms with Crippen LogP contribution >= 0.6 is 0 Å². The predicted molar refractivity (Wildman–Crippen MR) is 126 cm³/mol. The van der Waals surface area contributed by atoms with Gasteiger partial charge in [-0.1, -0.05) is 88.6 Å². The van der Waals surface area contributed by atoms with Crippen LogP contribution in [0.25, 0.3) is 0 Å². The van der Waals surface area contributed by atoms with E-state index in [4.69, 9.17) is 4.74 Å². The van der Waals surface area contributed by atoms with Crippen LogP contribution < -0.4 is 0 Å². The second-order valence-electron chi connectivity index (χ2n) is 9.79. The zero-order valence-corrected chi connectivity index (χ0v) is 19.5. The number of carbonyl (C=O) groups is 3. The standard InChI is InChI=1S/C28H34O4/c1-28(2,3)24-15-13-22(14-16-24)25(29)17-18-27(31)32-19-26(30)23-11-9-21(10-12-23)20-7-5-4-6-8-20/h9-16,20H,4-8,17-19H2,1-3H3.